The Kier molecular flexibility index (Phi) is 3.02. The van der Waals surface area contributed by atoms with Gasteiger partial charge >= 0.3 is 5.97 Å². The third-order valence-corrected chi connectivity index (χ3v) is 4.25. The number of carbonyl (C=O) groups is 1. The molecule has 3 heterocycles. The summed E-state index contributed by atoms with van der Waals surface area (Å²) in [5, 5.41) is 10.8. The molecule has 0 bridgehead atoms. The van der Waals surface area contributed by atoms with Crippen LogP contribution in [-0.2, 0) is 4.79 Å². The van der Waals surface area contributed by atoms with Gasteiger partial charge in [0.05, 0.1) is 5.69 Å². The second-order valence-electron chi connectivity index (χ2n) is 4.73. The predicted molar refractivity (Wildman–Crippen MR) is 75.8 cm³/mol. The van der Waals surface area contributed by atoms with E-state index < -0.39 is 5.97 Å². The molecule has 1 saturated heterocycles. The number of aliphatic carboxylic acids is 1. The van der Waals surface area contributed by atoms with Crippen LogP contribution in [0.25, 0.3) is 11.0 Å². The number of hydrogen-bond donors (Lipinski definition) is 1. The van der Waals surface area contributed by atoms with Crippen molar-refractivity contribution in [3.8, 4) is 0 Å². The maximum Gasteiger partial charge on any atom is 0.328 e. The third kappa shape index (κ3) is 2.12. The van der Waals surface area contributed by atoms with E-state index in [1.165, 1.54) is 6.08 Å². The zero-order chi connectivity index (χ0) is 13.4. The highest BCUT2D eigenvalue weighted by Gasteiger charge is 2.25. The van der Waals surface area contributed by atoms with Gasteiger partial charge in [-0.15, -0.1) is 11.3 Å². The number of nitrogens with zero attached hydrogens (tertiary/aromatic N) is 3. The molecule has 19 heavy (non-hydrogen) atoms. The molecule has 0 amide bonds. The summed E-state index contributed by atoms with van der Waals surface area (Å²) in [6, 6.07) is 0.460. The highest BCUT2D eigenvalue weighted by molar-refractivity contribution is 7.15. The fourth-order valence-corrected chi connectivity index (χ4v) is 3.27. The van der Waals surface area contributed by atoms with Gasteiger partial charge in [0.15, 0.2) is 10.8 Å². The first-order chi connectivity index (χ1) is 9.16. The predicted octanol–water partition coefficient (Wildman–Crippen LogP) is 2.48. The number of hydrogen-bond acceptors (Lipinski definition) is 4. The minimum absolute atomic E-state index is 0.460. The van der Waals surface area contributed by atoms with Crippen molar-refractivity contribution in [2.75, 3.05) is 11.4 Å². The van der Waals surface area contributed by atoms with Crippen molar-refractivity contribution in [3.05, 3.63) is 23.3 Å². The molecule has 5 nitrogen and oxygen atoms in total. The molecule has 0 radical (unpaired) electrons. The first-order valence-electron chi connectivity index (χ1n) is 6.30. The molecule has 0 aromatic carbocycles. The van der Waals surface area contributed by atoms with E-state index in [9.17, 15) is 4.79 Å². The monoisotopic (exact) mass is 277 g/mol. The summed E-state index contributed by atoms with van der Waals surface area (Å²) in [7, 11) is 0. The van der Waals surface area contributed by atoms with Gasteiger partial charge in [0.2, 0.25) is 0 Å². The molecule has 3 rings (SSSR count). The van der Waals surface area contributed by atoms with Crippen LogP contribution < -0.4 is 4.90 Å². The van der Waals surface area contributed by atoms with Gasteiger partial charge in [-0.2, -0.15) is 0 Å². The molecule has 0 saturated carbocycles. The lowest BCUT2D eigenvalue weighted by Gasteiger charge is -2.21. The topological polar surface area (TPSA) is 57.8 Å². The quantitative estimate of drug-likeness (QED) is 0.876. The van der Waals surface area contributed by atoms with Crippen molar-refractivity contribution >= 4 is 34.2 Å². The van der Waals surface area contributed by atoms with Crippen LogP contribution in [-0.4, -0.2) is 33.0 Å². The van der Waals surface area contributed by atoms with Gasteiger partial charge in [0, 0.05) is 30.2 Å². The Hall–Kier alpha value is -1.82. The second kappa shape index (κ2) is 4.70. The standard InChI is InChI=1S/C13H15N3O2S/c1-9-3-2-6-15(9)12-10(4-5-11(17)18)16-7-8-19-13(16)14-12/h4-5,7-9H,2-3,6H2,1H3,(H,17,18)/b5-4+. The summed E-state index contributed by atoms with van der Waals surface area (Å²) in [5.41, 5.74) is 0.854. The molecule has 100 valence electrons. The van der Waals surface area contributed by atoms with Crippen LogP contribution in [0.4, 0.5) is 5.82 Å². The van der Waals surface area contributed by atoms with Gasteiger partial charge in [-0.25, -0.2) is 9.78 Å². The summed E-state index contributed by atoms with van der Waals surface area (Å²) in [6.07, 6.45) is 7.06. The van der Waals surface area contributed by atoms with Crippen molar-refractivity contribution < 1.29 is 9.90 Å². The number of anilines is 1. The van der Waals surface area contributed by atoms with E-state index in [0.29, 0.717) is 6.04 Å². The van der Waals surface area contributed by atoms with Crippen LogP contribution in [0, 0.1) is 0 Å². The number of aromatic nitrogens is 2. The van der Waals surface area contributed by atoms with Crippen molar-refractivity contribution in [1.82, 2.24) is 9.38 Å². The molecule has 1 fully saturated rings. The Balaban J connectivity index is 2.09. The van der Waals surface area contributed by atoms with Crippen LogP contribution in [0.1, 0.15) is 25.5 Å². The number of fused-ring (bicyclic) bond motifs is 1. The normalized spacial score (nSPS) is 19.8. The van der Waals surface area contributed by atoms with E-state index in [1.54, 1.807) is 17.4 Å². The Morgan fingerprint density at radius 2 is 2.47 bits per heavy atom. The Morgan fingerprint density at radius 3 is 3.16 bits per heavy atom. The maximum atomic E-state index is 10.7. The summed E-state index contributed by atoms with van der Waals surface area (Å²) in [5.74, 6) is -0.0417. The SMILES string of the molecule is CC1CCCN1c1nc2sccn2c1/C=C/C(=O)O. The zero-order valence-electron chi connectivity index (χ0n) is 10.6. The maximum absolute atomic E-state index is 10.7. The lowest BCUT2D eigenvalue weighted by Crippen LogP contribution is -2.27. The van der Waals surface area contributed by atoms with Gasteiger partial charge in [0.1, 0.15) is 0 Å². The minimum atomic E-state index is -0.939. The molecule has 1 N–H and O–H groups in total. The zero-order valence-corrected chi connectivity index (χ0v) is 11.4. The van der Waals surface area contributed by atoms with Crippen molar-refractivity contribution in [2.24, 2.45) is 0 Å². The van der Waals surface area contributed by atoms with Crippen LogP contribution >= 0.6 is 11.3 Å². The minimum Gasteiger partial charge on any atom is -0.478 e. The largest absolute Gasteiger partial charge is 0.478 e. The van der Waals surface area contributed by atoms with E-state index in [0.717, 1.165) is 35.9 Å². The molecular formula is C13H15N3O2S. The molecule has 1 unspecified atom stereocenters. The fraction of sp³-hybridized carbons (Fsp3) is 0.385. The Labute approximate surface area is 114 Å². The Morgan fingerprint density at radius 1 is 1.63 bits per heavy atom. The lowest BCUT2D eigenvalue weighted by atomic mass is 10.2. The lowest BCUT2D eigenvalue weighted by molar-refractivity contribution is -0.131. The molecule has 0 spiro atoms. The van der Waals surface area contributed by atoms with Crippen molar-refractivity contribution in [1.29, 1.82) is 0 Å². The van der Waals surface area contributed by atoms with Crippen LogP contribution in [0.2, 0.25) is 0 Å². The fourth-order valence-electron chi connectivity index (χ4n) is 2.56. The first-order valence-corrected chi connectivity index (χ1v) is 7.18. The molecular weight excluding hydrogens is 262 g/mol. The summed E-state index contributed by atoms with van der Waals surface area (Å²) < 4.78 is 1.95. The third-order valence-electron chi connectivity index (χ3n) is 3.49. The number of carboxylic acids is 1. The highest BCUT2D eigenvalue weighted by Crippen LogP contribution is 2.31. The average molecular weight is 277 g/mol. The first kappa shape index (κ1) is 12.2. The van der Waals surface area contributed by atoms with E-state index in [2.05, 4.69) is 16.8 Å². The molecule has 1 aliphatic heterocycles. The molecule has 2 aromatic rings. The van der Waals surface area contributed by atoms with E-state index in [1.807, 2.05) is 16.0 Å². The molecule has 6 heteroatoms. The molecule has 1 aliphatic rings. The molecule has 0 aliphatic carbocycles. The van der Waals surface area contributed by atoms with Gasteiger partial charge in [0.25, 0.3) is 0 Å². The van der Waals surface area contributed by atoms with Gasteiger partial charge in [-0.3, -0.25) is 4.40 Å². The molecule has 1 atom stereocenters. The summed E-state index contributed by atoms with van der Waals surface area (Å²) in [4.78, 5) is 18.6. The smallest absolute Gasteiger partial charge is 0.328 e. The van der Waals surface area contributed by atoms with Gasteiger partial charge in [-0.05, 0) is 25.8 Å². The number of carboxylic acid groups (broad SMARTS) is 1. The second-order valence-corrected chi connectivity index (χ2v) is 5.61. The Bertz CT molecular complexity index is 643. The summed E-state index contributed by atoms with van der Waals surface area (Å²) in [6.45, 7) is 3.17. The van der Waals surface area contributed by atoms with Crippen LogP contribution in [0.5, 0.6) is 0 Å². The average Bonchev–Trinajstić information content (AvgIpc) is 3.01. The van der Waals surface area contributed by atoms with E-state index in [-0.39, 0.29) is 0 Å². The number of thiazole rings is 1. The van der Waals surface area contributed by atoms with E-state index in [4.69, 9.17) is 5.11 Å². The van der Waals surface area contributed by atoms with E-state index >= 15 is 0 Å². The number of imidazole rings is 1. The highest BCUT2D eigenvalue weighted by atomic mass is 32.1. The van der Waals surface area contributed by atoms with Crippen molar-refractivity contribution in [2.45, 2.75) is 25.8 Å². The van der Waals surface area contributed by atoms with Crippen molar-refractivity contribution in [3.63, 3.8) is 0 Å². The molecule has 2 aromatic heterocycles. The number of rotatable bonds is 3. The summed E-state index contributed by atoms with van der Waals surface area (Å²) >= 11 is 1.56. The van der Waals surface area contributed by atoms with Gasteiger partial charge in [-0.1, -0.05) is 0 Å². The van der Waals surface area contributed by atoms with Crippen LogP contribution in [0.15, 0.2) is 17.7 Å². The van der Waals surface area contributed by atoms with Crippen LogP contribution in [0.3, 0.4) is 0 Å². The van der Waals surface area contributed by atoms with Gasteiger partial charge < -0.3 is 10.0 Å².